The summed E-state index contributed by atoms with van der Waals surface area (Å²) in [5, 5.41) is 9.55. The van der Waals surface area contributed by atoms with Crippen molar-refractivity contribution in [1.82, 2.24) is 24.4 Å². The first-order valence-corrected chi connectivity index (χ1v) is 26.6. The number of anilines is 2. The van der Waals surface area contributed by atoms with E-state index in [0.29, 0.717) is 61.5 Å². The number of hydrogen-bond donors (Lipinski definition) is 0. The molecule has 5 rings (SSSR count). The smallest absolute Gasteiger partial charge is 0.167 e. The molecule has 0 saturated carbocycles. The monoisotopic (exact) mass is 739 g/mol. The SMILES string of the molecule is C=C(OCC)c1c(N2CCS(=O)(=O)CC2)nc2c(-c3cnn(-c4ccccc4)c3)cnn2c1N(COCC[Si](C)(C)C)COCC[Si](C)(C)C. The van der Waals surface area contributed by atoms with Gasteiger partial charge in [0, 0.05) is 59.8 Å². The zero-order valence-electron chi connectivity index (χ0n) is 30.7. The molecule has 1 fully saturated rings. The third-order valence-corrected chi connectivity index (χ3v) is 13.6. The molecule has 0 aliphatic carbocycles. The minimum Gasteiger partial charge on any atom is -0.494 e. The lowest BCUT2D eigenvalue weighted by Crippen LogP contribution is -2.42. The van der Waals surface area contributed by atoms with E-state index in [1.165, 1.54) is 0 Å². The molecule has 0 atom stereocenters. The maximum absolute atomic E-state index is 12.5. The first kappa shape index (κ1) is 37.7. The van der Waals surface area contributed by atoms with Gasteiger partial charge in [0.05, 0.1) is 36.2 Å². The Balaban J connectivity index is 1.67. The van der Waals surface area contributed by atoms with Crippen LogP contribution in [0.1, 0.15) is 12.5 Å². The van der Waals surface area contributed by atoms with Crippen LogP contribution in [0.3, 0.4) is 0 Å². The highest BCUT2D eigenvalue weighted by molar-refractivity contribution is 7.91. The zero-order chi connectivity index (χ0) is 36.1. The van der Waals surface area contributed by atoms with Crippen LogP contribution in [0.15, 0.2) is 55.5 Å². The van der Waals surface area contributed by atoms with E-state index in [4.69, 9.17) is 24.3 Å². The van der Waals surface area contributed by atoms with Gasteiger partial charge in [-0.3, -0.25) is 0 Å². The molecule has 0 amide bonds. The number of aromatic nitrogens is 5. The lowest BCUT2D eigenvalue weighted by atomic mass is 10.1. The van der Waals surface area contributed by atoms with Crippen LogP contribution in [-0.4, -0.2) is 107 Å². The third kappa shape index (κ3) is 9.63. The highest BCUT2D eigenvalue weighted by atomic mass is 32.2. The Morgan fingerprint density at radius 2 is 1.54 bits per heavy atom. The predicted molar refractivity (Wildman–Crippen MR) is 207 cm³/mol. The Labute approximate surface area is 299 Å². The molecule has 1 aliphatic heterocycles. The number of nitrogens with zero attached hydrogens (tertiary/aromatic N) is 7. The van der Waals surface area contributed by atoms with Crippen LogP contribution >= 0.6 is 0 Å². The van der Waals surface area contributed by atoms with Crippen molar-refractivity contribution >= 4 is 49.0 Å². The Hall–Kier alpha value is -3.51. The van der Waals surface area contributed by atoms with Gasteiger partial charge in [0.2, 0.25) is 0 Å². The van der Waals surface area contributed by atoms with Crippen LogP contribution in [0.2, 0.25) is 51.4 Å². The van der Waals surface area contributed by atoms with Crippen molar-refractivity contribution in [3.05, 3.63) is 61.1 Å². The summed E-state index contributed by atoms with van der Waals surface area (Å²) in [6, 6.07) is 12.0. The number of hydrogen-bond acceptors (Lipinski definition) is 10. The van der Waals surface area contributed by atoms with Crippen molar-refractivity contribution in [1.29, 1.82) is 0 Å². The molecule has 12 nitrogen and oxygen atoms in total. The van der Waals surface area contributed by atoms with Gasteiger partial charge in [-0.25, -0.2) is 18.1 Å². The van der Waals surface area contributed by atoms with Crippen molar-refractivity contribution in [2.24, 2.45) is 0 Å². The Bertz CT molecular complexity index is 1830. The summed E-state index contributed by atoms with van der Waals surface area (Å²) >= 11 is 0. The van der Waals surface area contributed by atoms with Gasteiger partial charge < -0.3 is 24.0 Å². The lowest BCUT2D eigenvalue weighted by Gasteiger charge is -2.33. The molecule has 4 heterocycles. The molecule has 0 bridgehead atoms. The second-order valence-electron chi connectivity index (χ2n) is 15.2. The fraction of sp³-hybridized carbons (Fsp3) is 0.514. The molecule has 1 aromatic carbocycles. The molecule has 4 aromatic rings. The van der Waals surface area contributed by atoms with Crippen LogP contribution in [0.4, 0.5) is 11.6 Å². The van der Waals surface area contributed by atoms with E-state index in [2.05, 4.69) is 51.0 Å². The topological polar surface area (TPSA) is 116 Å². The Morgan fingerprint density at radius 1 is 0.920 bits per heavy atom. The van der Waals surface area contributed by atoms with Gasteiger partial charge in [0.25, 0.3) is 0 Å². The predicted octanol–water partition coefficient (Wildman–Crippen LogP) is 6.26. The molecule has 0 unspecified atom stereocenters. The Kier molecular flexibility index (Phi) is 11.9. The summed E-state index contributed by atoms with van der Waals surface area (Å²) in [4.78, 5) is 9.28. The van der Waals surface area contributed by atoms with Crippen LogP contribution in [0.5, 0.6) is 0 Å². The molecule has 3 aromatic heterocycles. The van der Waals surface area contributed by atoms with Gasteiger partial charge >= 0.3 is 0 Å². The lowest BCUT2D eigenvalue weighted by molar-refractivity contribution is 0.0941. The molecule has 0 spiro atoms. The van der Waals surface area contributed by atoms with E-state index in [1.807, 2.05) is 68.6 Å². The molecule has 0 N–H and O–H groups in total. The maximum atomic E-state index is 12.5. The fourth-order valence-corrected chi connectivity index (χ4v) is 8.28. The second-order valence-corrected chi connectivity index (χ2v) is 28.7. The van der Waals surface area contributed by atoms with Crippen LogP contribution in [0.25, 0.3) is 28.2 Å². The highest BCUT2D eigenvalue weighted by Gasteiger charge is 2.32. The molecule has 1 saturated heterocycles. The average molecular weight is 740 g/mol. The number of sulfone groups is 1. The van der Waals surface area contributed by atoms with E-state index >= 15 is 0 Å². The van der Waals surface area contributed by atoms with Crippen molar-refractivity contribution in [3.63, 3.8) is 0 Å². The quantitative estimate of drug-likeness (QED) is 0.0532. The minimum absolute atomic E-state index is 0.0367. The van der Waals surface area contributed by atoms with Gasteiger partial charge in [0.15, 0.2) is 21.3 Å². The number of rotatable bonds is 17. The average Bonchev–Trinajstić information content (AvgIpc) is 3.70. The summed E-state index contributed by atoms with van der Waals surface area (Å²) in [5.74, 6) is 1.75. The van der Waals surface area contributed by atoms with Gasteiger partial charge in [-0.05, 0) is 31.1 Å². The largest absolute Gasteiger partial charge is 0.494 e. The van der Waals surface area contributed by atoms with Gasteiger partial charge in [-0.2, -0.15) is 14.7 Å². The van der Waals surface area contributed by atoms with Gasteiger partial charge in [-0.1, -0.05) is 64.1 Å². The first-order chi connectivity index (χ1) is 23.7. The van der Waals surface area contributed by atoms with E-state index in [1.54, 1.807) is 6.20 Å². The number of benzene rings is 1. The normalized spacial score (nSPS) is 15.1. The van der Waals surface area contributed by atoms with Gasteiger partial charge in [-0.15, -0.1) is 0 Å². The molecule has 50 heavy (non-hydrogen) atoms. The molecule has 272 valence electrons. The third-order valence-electron chi connectivity index (χ3n) is 8.55. The summed E-state index contributed by atoms with van der Waals surface area (Å²) < 4.78 is 47.6. The number of fused-ring (bicyclic) bond motifs is 1. The van der Waals surface area contributed by atoms with E-state index < -0.39 is 26.0 Å². The molecular formula is C35H53N7O5SSi2. The van der Waals surface area contributed by atoms with Crippen molar-refractivity contribution < 1.29 is 22.6 Å². The maximum Gasteiger partial charge on any atom is 0.167 e. The van der Waals surface area contributed by atoms with Crippen molar-refractivity contribution in [2.45, 2.75) is 58.3 Å². The Morgan fingerprint density at radius 3 is 2.12 bits per heavy atom. The fourth-order valence-electron chi connectivity index (χ4n) is 5.56. The minimum atomic E-state index is -3.15. The van der Waals surface area contributed by atoms with Gasteiger partial charge in [0.1, 0.15) is 30.6 Å². The molecular weight excluding hydrogens is 687 g/mol. The van der Waals surface area contributed by atoms with Crippen LogP contribution < -0.4 is 9.80 Å². The van der Waals surface area contributed by atoms with E-state index in [0.717, 1.165) is 28.9 Å². The van der Waals surface area contributed by atoms with Crippen molar-refractivity contribution in [3.8, 4) is 16.8 Å². The molecule has 0 radical (unpaired) electrons. The van der Waals surface area contributed by atoms with E-state index in [-0.39, 0.29) is 25.0 Å². The first-order valence-electron chi connectivity index (χ1n) is 17.4. The number of ether oxygens (including phenoxy) is 3. The summed E-state index contributed by atoms with van der Waals surface area (Å²) in [6.45, 7) is 23.0. The second kappa shape index (κ2) is 15.8. The highest BCUT2D eigenvalue weighted by Crippen LogP contribution is 2.38. The summed E-state index contributed by atoms with van der Waals surface area (Å²) in [7, 11) is -5.83. The number of para-hydroxylation sites is 1. The van der Waals surface area contributed by atoms with Crippen molar-refractivity contribution in [2.75, 3.05) is 67.7 Å². The van der Waals surface area contributed by atoms with Crippen LogP contribution in [-0.2, 0) is 24.0 Å². The summed E-state index contributed by atoms with van der Waals surface area (Å²) in [6.07, 6.45) is 5.57. The molecule has 1 aliphatic rings. The van der Waals surface area contributed by atoms with Crippen LogP contribution in [0, 0.1) is 0 Å². The standard InChI is InChI=1S/C35H53N7O5SSi2/c1-9-47-28(2)32-34(39-15-19-48(43,44)20-16-39)38-33-31(29-23-36-41(25-29)30-13-11-10-12-14-30)24-37-42(33)35(32)40(26-45-17-21-49(3,4)5)27-46-18-22-50(6,7)8/h10-14,23-25H,2,9,15-22,26-27H2,1,3-8H3. The summed E-state index contributed by atoms with van der Waals surface area (Å²) in [5.41, 5.74) is 3.79. The van der Waals surface area contributed by atoms with E-state index in [9.17, 15) is 8.42 Å². The zero-order valence-corrected chi connectivity index (χ0v) is 33.5. The molecule has 15 heteroatoms.